The van der Waals surface area contributed by atoms with Crippen LogP contribution in [0.5, 0.6) is 0 Å². The average molecular weight is 245 g/mol. The lowest BCUT2D eigenvalue weighted by molar-refractivity contribution is -0.125. The van der Waals surface area contributed by atoms with Gasteiger partial charge < -0.3 is 5.32 Å². The lowest BCUT2D eigenvalue weighted by Gasteiger charge is -2.17. The minimum atomic E-state index is -0.758. The van der Waals surface area contributed by atoms with E-state index in [0.717, 1.165) is 22.3 Å². The van der Waals surface area contributed by atoms with Gasteiger partial charge in [0.05, 0.1) is 5.54 Å². The van der Waals surface area contributed by atoms with Crippen LogP contribution in [0.1, 0.15) is 42.0 Å². The van der Waals surface area contributed by atoms with E-state index in [1.165, 1.54) is 0 Å². The molecule has 3 heteroatoms. The number of aryl methyl sites for hydroxylation is 3. The Morgan fingerprint density at radius 3 is 1.94 bits per heavy atom. The summed E-state index contributed by atoms with van der Waals surface area (Å²) in [4.78, 5) is 24.4. The molecule has 0 radical (unpaired) electrons. The van der Waals surface area contributed by atoms with Crippen molar-refractivity contribution in [1.29, 1.82) is 0 Å². The van der Waals surface area contributed by atoms with Crippen molar-refractivity contribution in [2.45, 2.75) is 46.1 Å². The zero-order valence-corrected chi connectivity index (χ0v) is 11.5. The molecule has 1 heterocycles. The smallest absolute Gasteiger partial charge is 0.235 e. The highest BCUT2D eigenvalue weighted by molar-refractivity contribution is 6.17. The van der Waals surface area contributed by atoms with Crippen molar-refractivity contribution in [2.75, 3.05) is 0 Å². The number of amides is 1. The predicted octanol–water partition coefficient (Wildman–Crippen LogP) is 2.17. The van der Waals surface area contributed by atoms with Gasteiger partial charge in [-0.25, -0.2) is 0 Å². The van der Waals surface area contributed by atoms with E-state index in [0.29, 0.717) is 0 Å². The second-order valence-electron chi connectivity index (χ2n) is 5.72. The molecule has 0 saturated carbocycles. The Hall–Kier alpha value is -1.64. The fourth-order valence-corrected chi connectivity index (χ4v) is 2.83. The summed E-state index contributed by atoms with van der Waals surface area (Å²) in [6.07, 6.45) is 0. The van der Waals surface area contributed by atoms with Gasteiger partial charge in [0.15, 0.2) is 5.78 Å². The number of benzene rings is 1. The first-order valence-corrected chi connectivity index (χ1v) is 6.18. The molecule has 96 valence electrons. The van der Waals surface area contributed by atoms with E-state index in [9.17, 15) is 9.59 Å². The molecule has 0 spiro atoms. The topological polar surface area (TPSA) is 46.2 Å². The number of nitrogens with one attached hydrogen (secondary N) is 1. The van der Waals surface area contributed by atoms with Crippen molar-refractivity contribution in [2.24, 2.45) is 0 Å². The van der Waals surface area contributed by atoms with Gasteiger partial charge in [0, 0.05) is 0 Å². The molecule has 2 rings (SSSR count). The Bertz CT molecular complexity index is 520. The van der Waals surface area contributed by atoms with Gasteiger partial charge in [-0.3, -0.25) is 9.59 Å². The minimum absolute atomic E-state index is 0.0393. The van der Waals surface area contributed by atoms with Crippen molar-refractivity contribution in [3.63, 3.8) is 0 Å². The van der Waals surface area contributed by atoms with Crippen LogP contribution in [0.2, 0.25) is 0 Å². The SMILES string of the molecule is Cc1cc(C)c(C2C(=O)NC(C)(C)C2=O)c(C)c1. The number of carbonyl (C=O) groups is 2. The molecule has 1 N–H and O–H groups in total. The van der Waals surface area contributed by atoms with Crippen LogP contribution in [0.15, 0.2) is 12.1 Å². The maximum Gasteiger partial charge on any atom is 0.235 e. The molecule has 1 amide bonds. The van der Waals surface area contributed by atoms with E-state index in [1.807, 2.05) is 32.9 Å². The molecule has 1 fully saturated rings. The van der Waals surface area contributed by atoms with Crippen LogP contribution >= 0.6 is 0 Å². The van der Waals surface area contributed by atoms with Crippen LogP contribution in [-0.4, -0.2) is 17.2 Å². The molecule has 1 aromatic rings. The molecular weight excluding hydrogens is 226 g/mol. The van der Waals surface area contributed by atoms with E-state index < -0.39 is 11.5 Å². The first kappa shape index (κ1) is 12.8. The molecule has 1 atom stereocenters. The monoisotopic (exact) mass is 245 g/mol. The molecule has 1 aromatic carbocycles. The number of Topliss-reactive ketones (excluding diaryl/α,β-unsaturated/α-hetero) is 1. The van der Waals surface area contributed by atoms with Gasteiger partial charge in [0.25, 0.3) is 0 Å². The van der Waals surface area contributed by atoms with Gasteiger partial charge in [-0.1, -0.05) is 17.7 Å². The highest BCUT2D eigenvalue weighted by Crippen LogP contribution is 2.33. The zero-order chi connectivity index (χ0) is 13.7. The summed E-state index contributed by atoms with van der Waals surface area (Å²) >= 11 is 0. The normalized spacial score (nSPS) is 22.2. The van der Waals surface area contributed by atoms with Gasteiger partial charge in [-0.15, -0.1) is 0 Å². The molecule has 1 aliphatic rings. The number of rotatable bonds is 1. The van der Waals surface area contributed by atoms with E-state index in [4.69, 9.17) is 0 Å². The molecule has 1 saturated heterocycles. The summed E-state index contributed by atoms with van der Waals surface area (Å²) in [6.45, 7) is 9.45. The third-order valence-electron chi connectivity index (χ3n) is 3.60. The van der Waals surface area contributed by atoms with Gasteiger partial charge in [0.1, 0.15) is 5.92 Å². The average Bonchev–Trinajstić information content (AvgIpc) is 2.38. The number of carbonyl (C=O) groups excluding carboxylic acids is 2. The first-order valence-electron chi connectivity index (χ1n) is 6.18. The summed E-state index contributed by atoms with van der Waals surface area (Å²) in [7, 11) is 0. The molecule has 1 unspecified atom stereocenters. The maximum absolute atomic E-state index is 12.3. The van der Waals surface area contributed by atoms with Crippen molar-refractivity contribution in [1.82, 2.24) is 5.32 Å². The van der Waals surface area contributed by atoms with Crippen molar-refractivity contribution < 1.29 is 9.59 Å². The molecule has 18 heavy (non-hydrogen) atoms. The fourth-order valence-electron chi connectivity index (χ4n) is 2.83. The summed E-state index contributed by atoms with van der Waals surface area (Å²) in [6, 6.07) is 4.04. The van der Waals surface area contributed by atoms with Gasteiger partial charge in [-0.05, 0) is 51.3 Å². The van der Waals surface area contributed by atoms with Gasteiger partial charge >= 0.3 is 0 Å². The van der Waals surface area contributed by atoms with Crippen LogP contribution in [-0.2, 0) is 9.59 Å². The van der Waals surface area contributed by atoms with Crippen LogP contribution in [0.3, 0.4) is 0 Å². The van der Waals surface area contributed by atoms with Crippen LogP contribution in [0.4, 0.5) is 0 Å². The summed E-state index contributed by atoms with van der Waals surface area (Å²) in [5.74, 6) is -0.872. The van der Waals surface area contributed by atoms with Crippen molar-refractivity contribution >= 4 is 11.7 Å². The predicted molar refractivity (Wildman–Crippen MR) is 70.6 cm³/mol. The maximum atomic E-state index is 12.3. The van der Waals surface area contributed by atoms with Crippen LogP contribution in [0, 0.1) is 20.8 Å². The Labute approximate surface area is 108 Å². The highest BCUT2D eigenvalue weighted by atomic mass is 16.2. The number of ketones is 1. The van der Waals surface area contributed by atoms with Crippen molar-refractivity contribution in [3.8, 4) is 0 Å². The third-order valence-corrected chi connectivity index (χ3v) is 3.60. The largest absolute Gasteiger partial charge is 0.343 e. The number of hydrogen-bond donors (Lipinski definition) is 1. The van der Waals surface area contributed by atoms with E-state index in [2.05, 4.69) is 5.32 Å². The summed E-state index contributed by atoms with van der Waals surface area (Å²) in [5.41, 5.74) is 3.29. The van der Waals surface area contributed by atoms with Crippen LogP contribution < -0.4 is 5.32 Å². The molecule has 0 aromatic heterocycles. The van der Waals surface area contributed by atoms with Crippen LogP contribution in [0.25, 0.3) is 0 Å². The Morgan fingerprint density at radius 1 is 1.06 bits per heavy atom. The summed E-state index contributed by atoms with van der Waals surface area (Å²) < 4.78 is 0. The molecule has 0 aliphatic carbocycles. The van der Waals surface area contributed by atoms with E-state index in [1.54, 1.807) is 13.8 Å². The molecule has 1 aliphatic heterocycles. The second-order valence-corrected chi connectivity index (χ2v) is 5.72. The van der Waals surface area contributed by atoms with Gasteiger partial charge in [0.2, 0.25) is 5.91 Å². The Kier molecular flexibility index (Phi) is 2.80. The standard InChI is InChI=1S/C15H19NO2/c1-8-6-9(2)11(10(3)7-8)12-13(17)15(4,5)16-14(12)18/h6-7,12H,1-5H3,(H,16,18). The lowest BCUT2D eigenvalue weighted by atomic mass is 9.84. The molecule has 3 nitrogen and oxygen atoms in total. The first-order chi connectivity index (χ1) is 8.24. The van der Waals surface area contributed by atoms with Gasteiger partial charge in [-0.2, -0.15) is 0 Å². The quantitative estimate of drug-likeness (QED) is 0.771. The van der Waals surface area contributed by atoms with E-state index in [-0.39, 0.29) is 11.7 Å². The highest BCUT2D eigenvalue weighted by Gasteiger charge is 2.47. The van der Waals surface area contributed by atoms with Crippen molar-refractivity contribution in [3.05, 3.63) is 34.4 Å². The Morgan fingerprint density at radius 2 is 1.56 bits per heavy atom. The number of hydrogen-bond acceptors (Lipinski definition) is 2. The Balaban J connectivity index is 2.57. The zero-order valence-electron chi connectivity index (χ0n) is 11.5. The van der Waals surface area contributed by atoms with E-state index >= 15 is 0 Å². The lowest BCUT2D eigenvalue weighted by Crippen LogP contribution is -2.39. The third kappa shape index (κ3) is 1.84. The minimum Gasteiger partial charge on any atom is -0.343 e. The molecule has 0 bridgehead atoms. The summed E-state index contributed by atoms with van der Waals surface area (Å²) in [5, 5.41) is 2.77. The second kappa shape index (κ2) is 3.94. The fraction of sp³-hybridized carbons (Fsp3) is 0.467. The molecular formula is C15H19NO2.